The second-order valence-corrected chi connectivity index (χ2v) is 5.05. The lowest BCUT2D eigenvalue weighted by Crippen LogP contribution is -1.73. The lowest BCUT2D eigenvalue weighted by atomic mass is 10.3. The Morgan fingerprint density at radius 3 is 2.85 bits per heavy atom. The van der Waals surface area contributed by atoms with Crippen LogP contribution < -0.4 is 4.74 Å². The quantitative estimate of drug-likeness (QED) is 0.775. The monoisotopic (exact) mass is 274 g/mol. The number of halogens is 1. The highest BCUT2D eigenvalue weighted by Crippen LogP contribution is 2.36. The number of rotatable bonds is 1. The van der Waals surface area contributed by atoms with E-state index in [1.54, 1.807) is 18.4 Å². The number of ether oxygens (including phenoxy) is 1. The fraction of sp³-hybridized carbons (Fsp3) is 0.111. The largest absolute Gasteiger partial charge is 0.487 e. The topological polar surface area (TPSA) is 9.23 Å². The fourth-order valence-corrected chi connectivity index (χ4v) is 3.29. The van der Waals surface area contributed by atoms with Crippen LogP contribution in [0.4, 0.5) is 0 Å². The molecule has 0 radical (unpaired) electrons. The summed E-state index contributed by atoms with van der Waals surface area (Å²) in [4.78, 5) is 0.976. The van der Waals surface area contributed by atoms with E-state index in [1.165, 1.54) is 4.70 Å². The summed E-state index contributed by atoms with van der Waals surface area (Å²) in [5.74, 6) is 0. The third kappa shape index (κ3) is 1.71. The zero-order valence-corrected chi connectivity index (χ0v) is 10.2. The first-order chi connectivity index (χ1) is 6.20. The first-order valence-corrected chi connectivity index (χ1v) is 5.72. The molecule has 1 nitrogen and oxygen atoms in total. The van der Waals surface area contributed by atoms with Gasteiger partial charge in [-0.1, -0.05) is 27.3 Å². The molecule has 0 aliphatic heterocycles. The summed E-state index contributed by atoms with van der Waals surface area (Å²) >= 11 is 9.45. The van der Waals surface area contributed by atoms with Crippen LogP contribution in [0, 0.1) is 0 Å². The number of thiol groups is 1. The SMILES string of the molecule is COc1cc2c(S)cc(Br)cc2s1. The second kappa shape index (κ2) is 3.52. The van der Waals surface area contributed by atoms with Gasteiger partial charge in [0.1, 0.15) is 0 Å². The molecule has 68 valence electrons. The smallest absolute Gasteiger partial charge is 0.174 e. The number of methoxy groups -OCH3 is 1. The summed E-state index contributed by atoms with van der Waals surface area (Å²) < 4.78 is 7.40. The van der Waals surface area contributed by atoms with Crippen molar-refractivity contribution >= 4 is 50.0 Å². The van der Waals surface area contributed by atoms with Gasteiger partial charge in [0, 0.05) is 25.5 Å². The van der Waals surface area contributed by atoms with Crippen molar-refractivity contribution in [2.75, 3.05) is 7.11 Å². The molecule has 0 saturated carbocycles. The minimum absolute atomic E-state index is 0.920. The molecule has 0 amide bonds. The van der Waals surface area contributed by atoms with E-state index in [4.69, 9.17) is 4.74 Å². The van der Waals surface area contributed by atoms with E-state index in [2.05, 4.69) is 34.6 Å². The molecule has 0 unspecified atom stereocenters. The molecule has 0 aliphatic rings. The standard InChI is InChI=1S/C9H7BrOS2/c1-11-9-4-6-7(12)2-5(10)3-8(6)13-9/h2-4,12H,1H3. The van der Waals surface area contributed by atoms with Gasteiger partial charge in [0.2, 0.25) is 0 Å². The molecule has 0 fully saturated rings. The lowest BCUT2D eigenvalue weighted by molar-refractivity contribution is 0.427. The molecule has 4 heteroatoms. The van der Waals surface area contributed by atoms with E-state index in [0.717, 1.165) is 19.8 Å². The number of fused-ring (bicyclic) bond motifs is 1. The lowest BCUT2D eigenvalue weighted by Gasteiger charge is -1.94. The first-order valence-electron chi connectivity index (χ1n) is 3.67. The molecular weight excluding hydrogens is 268 g/mol. The highest BCUT2D eigenvalue weighted by atomic mass is 79.9. The van der Waals surface area contributed by atoms with Gasteiger partial charge in [-0.15, -0.1) is 12.6 Å². The zero-order chi connectivity index (χ0) is 9.42. The van der Waals surface area contributed by atoms with Crippen LogP contribution in [0.1, 0.15) is 0 Å². The molecule has 0 N–H and O–H groups in total. The molecule has 1 aromatic heterocycles. The Hall–Kier alpha value is -0.190. The average molecular weight is 275 g/mol. The summed E-state index contributed by atoms with van der Waals surface area (Å²) in [6.07, 6.45) is 0. The van der Waals surface area contributed by atoms with E-state index in [1.807, 2.05) is 12.1 Å². The van der Waals surface area contributed by atoms with E-state index < -0.39 is 0 Å². The summed E-state index contributed by atoms with van der Waals surface area (Å²) in [5, 5.41) is 2.07. The molecular formula is C9H7BrOS2. The van der Waals surface area contributed by atoms with Crippen LogP contribution in [0.3, 0.4) is 0 Å². The van der Waals surface area contributed by atoms with Crippen LogP contribution in [0.25, 0.3) is 10.1 Å². The van der Waals surface area contributed by atoms with Crippen molar-refractivity contribution in [3.05, 3.63) is 22.7 Å². The van der Waals surface area contributed by atoms with Crippen LogP contribution in [0.2, 0.25) is 0 Å². The number of benzene rings is 1. The van der Waals surface area contributed by atoms with Crippen LogP contribution in [-0.4, -0.2) is 7.11 Å². The van der Waals surface area contributed by atoms with E-state index in [0.29, 0.717) is 0 Å². The van der Waals surface area contributed by atoms with Crippen molar-refractivity contribution in [1.29, 1.82) is 0 Å². The van der Waals surface area contributed by atoms with E-state index in [-0.39, 0.29) is 0 Å². The summed E-state index contributed by atoms with van der Waals surface area (Å²) in [5.41, 5.74) is 0. The van der Waals surface area contributed by atoms with Crippen molar-refractivity contribution < 1.29 is 4.74 Å². The van der Waals surface area contributed by atoms with Crippen LogP contribution in [-0.2, 0) is 0 Å². The molecule has 2 aromatic rings. The maximum atomic E-state index is 5.16. The third-order valence-corrected chi connectivity index (χ3v) is 3.63. The minimum atomic E-state index is 0.920. The Morgan fingerprint density at radius 2 is 2.15 bits per heavy atom. The van der Waals surface area contributed by atoms with E-state index in [9.17, 15) is 0 Å². The van der Waals surface area contributed by atoms with Crippen LogP contribution >= 0.6 is 39.9 Å². The molecule has 2 rings (SSSR count). The zero-order valence-electron chi connectivity index (χ0n) is 6.87. The summed E-state index contributed by atoms with van der Waals surface area (Å²) in [7, 11) is 1.68. The summed E-state index contributed by atoms with van der Waals surface area (Å²) in [6, 6.07) is 6.06. The Bertz CT molecular complexity index is 450. The molecule has 0 bridgehead atoms. The molecule has 0 aliphatic carbocycles. The summed E-state index contributed by atoms with van der Waals surface area (Å²) in [6.45, 7) is 0. The van der Waals surface area contributed by atoms with Crippen molar-refractivity contribution in [2.24, 2.45) is 0 Å². The molecule has 1 aromatic carbocycles. The van der Waals surface area contributed by atoms with E-state index >= 15 is 0 Å². The molecule has 13 heavy (non-hydrogen) atoms. The van der Waals surface area contributed by atoms with Crippen molar-refractivity contribution in [3.8, 4) is 5.06 Å². The van der Waals surface area contributed by atoms with Gasteiger partial charge in [-0.25, -0.2) is 0 Å². The van der Waals surface area contributed by atoms with Gasteiger partial charge >= 0.3 is 0 Å². The van der Waals surface area contributed by atoms with Gasteiger partial charge in [-0.2, -0.15) is 0 Å². The number of thiophene rings is 1. The van der Waals surface area contributed by atoms with Gasteiger partial charge in [-0.3, -0.25) is 0 Å². The van der Waals surface area contributed by atoms with Crippen LogP contribution in [0.5, 0.6) is 5.06 Å². The Balaban J connectivity index is 2.75. The van der Waals surface area contributed by atoms with Gasteiger partial charge in [0.25, 0.3) is 0 Å². The van der Waals surface area contributed by atoms with Crippen molar-refractivity contribution in [1.82, 2.24) is 0 Å². The first kappa shape index (κ1) is 9.37. The highest BCUT2D eigenvalue weighted by molar-refractivity contribution is 9.10. The minimum Gasteiger partial charge on any atom is -0.487 e. The van der Waals surface area contributed by atoms with Gasteiger partial charge in [-0.05, 0) is 12.1 Å². The number of hydrogen-bond acceptors (Lipinski definition) is 3. The molecule has 0 spiro atoms. The highest BCUT2D eigenvalue weighted by Gasteiger charge is 2.05. The maximum Gasteiger partial charge on any atom is 0.174 e. The Kier molecular flexibility index (Phi) is 2.53. The third-order valence-electron chi connectivity index (χ3n) is 1.76. The predicted octanol–water partition coefficient (Wildman–Crippen LogP) is 3.96. The van der Waals surface area contributed by atoms with Gasteiger partial charge < -0.3 is 4.74 Å². The molecule has 0 saturated heterocycles. The predicted molar refractivity (Wildman–Crippen MR) is 63.3 cm³/mol. The van der Waals surface area contributed by atoms with Crippen LogP contribution in [0.15, 0.2) is 27.6 Å². The average Bonchev–Trinajstić information content (AvgIpc) is 2.47. The fourth-order valence-electron chi connectivity index (χ4n) is 1.17. The van der Waals surface area contributed by atoms with Crippen molar-refractivity contribution in [3.63, 3.8) is 0 Å². The second-order valence-electron chi connectivity index (χ2n) is 2.61. The van der Waals surface area contributed by atoms with Gasteiger partial charge in [0.15, 0.2) is 5.06 Å². The normalized spacial score (nSPS) is 10.7. The molecule has 0 atom stereocenters. The van der Waals surface area contributed by atoms with Crippen molar-refractivity contribution in [2.45, 2.75) is 4.90 Å². The number of hydrogen-bond donors (Lipinski definition) is 1. The maximum absolute atomic E-state index is 5.16. The van der Waals surface area contributed by atoms with Gasteiger partial charge in [0.05, 0.1) is 7.11 Å². The Morgan fingerprint density at radius 1 is 1.38 bits per heavy atom. The Labute approximate surface area is 94.3 Å². The molecule has 1 heterocycles.